The summed E-state index contributed by atoms with van der Waals surface area (Å²) in [5, 5.41) is 5.94. The highest BCUT2D eigenvalue weighted by Gasteiger charge is 2.04. The van der Waals surface area contributed by atoms with E-state index in [-0.39, 0.29) is 35.9 Å². The van der Waals surface area contributed by atoms with Gasteiger partial charge in [-0.05, 0) is 50.5 Å². The Morgan fingerprint density at radius 3 is 2.41 bits per heavy atom. The van der Waals surface area contributed by atoms with Gasteiger partial charge in [0.05, 0.1) is 6.54 Å². The number of hydrogen-bond donors (Lipinski definition) is 3. The van der Waals surface area contributed by atoms with E-state index in [1.54, 1.807) is 0 Å². The number of anilines is 1. The summed E-state index contributed by atoms with van der Waals surface area (Å²) < 4.78 is 0. The molecule has 1 rings (SSSR count). The van der Waals surface area contributed by atoms with Gasteiger partial charge >= 0.3 is 0 Å². The van der Waals surface area contributed by atoms with E-state index in [4.69, 9.17) is 5.73 Å². The van der Waals surface area contributed by atoms with Crippen molar-refractivity contribution in [2.24, 2.45) is 10.7 Å². The van der Waals surface area contributed by atoms with Crippen molar-refractivity contribution in [1.29, 1.82) is 0 Å². The Morgan fingerprint density at radius 2 is 1.86 bits per heavy atom. The molecule has 0 fully saturated rings. The quantitative estimate of drug-likeness (QED) is 0.378. The molecule has 1 unspecified atom stereocenters. The first-order valence-electron chi connectivity index (χ1n) is 7.35. The summed E-state index contributed by atoms with van der Waals surface area (Å²) in [6.07, 6.45) is 1.27. The SMILES string of the molecule is CCC(C)NC(=O)CCN=C(N)Nc1cc(C)cc(C)c1.I. The number of aryl methyl sites for hydroxylation is 2. The summed E-state index contributed by atoms with van der Waals surface area (Å²) in [7, 11) is 0. The number of carbonyl (C=O) groups is 1. The van der Waals surface area contributed by atoms with Gasteiger partial charge in [-0.1, -0.05) is 13.0 Å². The molecule has 0 saturated carbocycles. The smallest absolute Gasteiger partial charge is 0.222 e. The van der Waals surface area contributed by atoms with E-state index in [0.29, 0.717) is 18.9 Å². The zero-order valence-corrected chi connectivity index (χ0v) is 16.1. The van der Waals surface area contributed by atoms with Crippen molar-refractivity contribution < 1.29 is 4.79 Å². The summed E-state index contributed by atoms with van der Waals surface area (Å²) in [6, 6.07) is 6.31. The van der Waals surface area contributed by atoms with E-state index in [1.165, 1.54) is 11.1 Å². The highest BCUT2D eigenvalue weighted by atomic mass is 127. The minimum atomic E-state index is 0. The van der Waals surface area contributed by atoms with Gasteiger partial charge in [-0.15, -0.1) is 24.0 Å². The molecule has 4 N–H and O–H groups in total. The molecule has 1 atom stereocenters. The normalized spacial score (nSPS) is 12.3. The van der Waals surface area contributed by atoms with Crippen LogP contribution in [-0.4, -0.2) is 24.5 Å². The van der Waals surface area contributed by atoms with E-state index < -0.39 is 0 Å². The van der Waals surface area contributed by atoms with Gasteiger partial charge < -0.3 is 16.4 Å². The lowest BCUT2D eigenvalue weighted by atomic mass is 10.1. The van der Waals surface area contributed by atoms with E-state index in [0.717, 1.165) is 12.1 Å². The minimum Gasteiger partial charge on any atom is -0.370 e. The molecule has 0 heterocycles. The lowest BCUT2D eigenvalue weighted by Crippen LogP contribution is -2.32. The number of nitrogens with two attached hydrogens (primary N) is 1. The molecule has 0 radical (unpaired) electrons. The maximum absolute atomic E-state index is 11.6. The van der Waals surface area contributed by atoms with Gasteiger partial charge in [0, 0.05) is 18.2 Å². The average Bonchev–Trinajstić information content (AvgIpc) is 2.37. The van der Waals surface area contributed by atoms with E-state index >= 15 is 0 Å². The van der Waals surface area contributed by atoms with E-state index in [1.807, 2.05) is 39.8 Å². The van der Waals surface area contributed by atoms with E-state index in [2.05, 4.69) is 21.7 Å². The van der Waals surface area contributed by atoms with Crippen molar-refractivity contribution in [2.45, 2.75) is 46.6 Å². The summed E-state index contributed by atoms with van der Waals surface area (Å²) in [5.41, 5.74) is 9.07. The van der Waals surface area contributed by atoms with E-state index in [9.17, 15) is 4.79 Å². The number of nitrogens with one attached hydrogen (secondary N) is 2. The van der Waals surface area contributed by atoms with Crippen LogP contribution in [0.5, 0.6) is 0 Å². The third-order valence-electron chi connectivity index (χ3n) is 3.13. The molecule has 5 nitrogen and oxygen atoms in total. The predicted octanol–water partition coefficient (Wildman–Crippen LogP) is 2.95. The minimum absolute atomic E-state index is 0. The standard InChI is InChI=1S/C16H26N4O.HI/c1-5-13(4)19-15(21)6-7-18-16(17)20-14-9-11(2)8-12(3)10-14;/h8-10,13H,5-7H2,1-4H3,(H,19,21)(H3,17,18,20);1H. The number of aliphatic imine (C=N–C) groups is 1. The topological polar surface area (TPSA) is 79.5 Å². The molecule has 22 heavy (non-hydrogen) atoms. The molecule has 0 aliphatic heterocycles. The Kier molecular flexibility index (Phi) is 9.80. The molecule has 0 aromatic heterocycles. The highest BCUT2D eigenvalue weighted by molar-refractivity contribution is 14.0. The molecule has 0 aliphatic rings. The van der Waals surface area contributed by atoms with Gasteiger partial charge in [-0.3, -0.25) is 9.79 Å². The number of carbonyl (C=O) groups excluding carboxylic acids is 1. The Bertz CT molecular complexity index is 497. The van der Waals surface area contributed by atoms with Crippen LogP contribution in [0.15, 0.2) is 23.2 Å². The van der Waals surface area contributed by atoms with Crippen molar-refractivity contribution in [2.75, 3.05) is 11.9 Å². The molecule has 124 valence electrons. The molecule has 0 aliphatic carbocycles. The van der Waals surface area contributed by atoms with Crippen LogP contribution in [-0.2, 0) is 4.79 Å². The molecule has 6 heteroatoms. The fourth-order valence-corrected chi connectivity index (χ4v) is 1.96. The average molecular weight is 418 g/mol. The maximum Gasteiger partial charge on any atom is 0.222 e. The highest BCUT2D eigenvalue weighted by Crippen LogP contribution is 2.13. The van der Waals surface area contributed by atoms with Crippen LogP contribution >= 0.6 is 24.0 Å². The monoisotopic (exact) mass is 418 g/mol. The second-order valence-electron chi connectivity index (χ2n) is 5.40. The Labute approximate surface area is 150 Å². The van der Waals surface area contributed by atoms with Gasteiger partial charge in [0.15, 0.2) is 5.96 Å². The van der Waals surface area contributed by atoms with Gasteiger partial charge in [-0.25, -0.2) is 0 Å². The number of benzene rings is 1. The fraction of sp³-hybridized carbons (Fsp3) is 0.500. The fourth-order valence-electron chi connectivity index (χ4n) is 1.96. The van der Waals surface area contributed by atoms with Crippen LogP contribution in [0.1, 0.15) is 37.8 Å². The van der Waals surface area contributed by atoms with Crippen molar-refractivity contribution in [3.8, 4) is 0 Å². The molecular weight excluding hydrogens is 391 g/mol. The van der Waals surface area contributed by atoms with Crippen LogP contribution in [0.4, 0.5) is 5.69 Å². The van der Waals surface area contributed by atoms with Crippen LogP contribution in [0.25, 0.3) is 0 Å². The van der Waals surface area contributed by atoms with Crippen LogP contribution in [0.3, 0.4) is 0 Å². The lowest BCUT2D eigenvalue weighted by Gasteiger charge is -2.10. The zero-order valence-electron chi connectivity index (χ0n) is 13.8. The molecule has 1 amide bonds. The summed E-state index contributed by atoms with van der Waals surface area (Å²) >= 11 is 0. The van der Waals surface area contributed by atoms with Gasteiger partial charge in [0.2, 0.25) is 5.91 Å². The Balaban J connectivity index is 0.00000441. The molecule has 0 spiro atoms. The largest absolute Gasteiger partial charge is 0.370 e. The lowest BCUT2D eigenvalue weighted by molar-refractivity contribution is -0.121. The molecule has 1 aromatic carbocycles. The van der Waals surface area contributed by atoms with Crippen molar-refractivity contribution in [1.82, 2.24) is 5.32 Å². The summed E-state index contributed by atoms with van der Waals surface area (Å²) in [6.45, 7) is 8.47. The molecule has 0 saturated heterocycles. The van der Waals surface area contributed by atoms with Crippen LogP contribution < -0.4 is 16.4 Å². The number of amides is 1. The number of hydrogen-bond acceptors (Lipinski definition) is 2. The summed E-state index contributed by atoms with van der Waals surface area (Å²) in [4.78, 5) is 15.8. The van der Waals surface area contributed by atoms with Gasteiger partial charge in [0.25, 0.3) is 0 Å². The van der Waals surface area contributed by atoms with Gasteiger partial charge in [-0.2, -0.15) is 0 Å². The zero-order chi connectivity index (χ0) is 15.8. The first-order chi connectivity index (χ1) is 9.90. The Morgan fingerprint density at radius 1 is 1.27 bits per heavy atom. The summed E-state index contributed by atoms with van der Waals surface area (Å²) in [5.74, 6) is 0.337. The number of nitrogens with zero attached hydrogens (tertiary/aromatic N) is 1. The third kappa shape index (κ3) is 8.21. The number of rotatable bonds is 6. The molecule has 0 bridgehead atoms. The van der Waals surface area contributed by atoms with Gasteiger partial charge in [0.1, 0.15) is 0 Å². The predicted molar refractivity (Wildman–Crippen MR) is 104 cm³/mol. The first-order valence-corrected chi connectivity index (χ1v) is 7.35. The second-order valence-corrected chi connectivity index (χ2v) is 5.40. The van der Waals surface area contributed by atoms with Crippen LogP contribution in [0, 0.1) is 13.8 Å². The molecule has 1 aromatic rings. The maximum atomic E-state index is 11.6. The number of halogens is 1. The third-order valence-corrected chi connectivity index (χ3v) is 3.13. The Hall–Kier alpha value is -1.31. The van der Waals surface area contributed by atoms with Crippen molar-refractivity contribution >= 4 is 41.5 Å². The van der Waals surface area contributed by atoms with Crippen LogP contribution in [0.2, 0.25) is 0 Å². The molecular formula is C16H27IN4O. The first kappa shape index (κ1) is 20.7. The number of guanidine groups is 1. The van der Waals surface area contributed by atoms with Crippen molar-refractivity contribution in [3.05, 3.63) is 29.3 Å². The second kappa shape index (κ2) is 10.4. The van der Waals surface area contributed by atoms with Crippen molar-refractivity contribution in [3.63, 3.8) is 0 Å².